The van der Waals surface area contributed by atoms with Gasteiger partial charge in [0.15, 0.2) is 0 Å². The van der Waals surface area contributed by atoms with Crippen LogP contribution < -0.4 is 5.32 Å². The first kappa shape index (κ1) is 17.3. The number of nitrogens with zero attached hydrogens (tertiary/aromatic N) is 1. The molecule has 1 N–H and O–H groups in total. The Balaban J connectivity index is 1.55. The molecule has 0 unspecified atom stereocenters. The second kappa shape index (κ2) is 7.60. The molecule has 2 fully saturated rings. The van der Waals surface area contributed by atoms with Crippen LogP contribution in [0.5, 0.6) is 0 Å². The highest BCUT2D eigenvalue weighted by Crippen LogP contribution is 2.37. The van der Waals surface area contributed by atoms with Crippen molar-refractivity contribution in [2.75, 3.05) is 24.6 Å². The summed E-state index contributed by atoms with van der Waals surface area (Å²) >= 11 is 1.90. The standard InChI is InChI=1S/C19H26N2O2S/c1-13-3-5-15(6-4-13)17-12-24-10-9-21(17)18(22)7-8-20-19(23)16-11-14(16)2/h3-6,14,16-17H,7-12H2,1-2H3,(H,20,23)/t14-,16+,17-/m0/s1. The smallest absolute Gasteiger partial charge is 0.224 e. The minimum absolute atomic E-state index is 0.111. The summed E-state index contributed by atoms with van der Waals surface area (Å²) in [5.74, 6) is 2.86. The number of rotatable bonds is 5. The van der Waals surface area contributed by atoms with Crippen molar-refractivity contribution in [1.29, 1.82) is 0 Å². The Hall–Kier alpha value is -1.49. The summed E-state index contributed by atoms with van der Waals surface area (Å²) in [6.45, 7) is 5.40. The lowest BCUT2D eigenvalue weighted by Gasteiger charge is -2.36. The van der Waals surface area contributed by atoms with Crippen LogP contribution in [0.25, 0.3) is 0 Å². The lowest BCUT2D eigenvalue weighted by atomic mass is 10.0. The summed E-state index contributed by atoms with van der Waals surface area (Å²) in [7, 11) is 0. The maximum atomic E-state index is 12.6. The lowest BCUT2D eigenvalue weighted by Crippen LogP contribution is -2.42. The minimum Gasteiger partial charge on any atom is -0.355 e. The molecule has 1 heterocycles. The minimum atomic E-state index is 0.111. The van der Waals surface area contributed by atoms with E-state index < -0.39 is 0 Å². The van der Waals surface area contributed by atoms with E-state index in [0.29, 0.717) is 18.9 Å². The zero-order valence-electron chi connectivity index (χ0n) is 14.5. The summed E-state index contributed by atoms with van der Waals surface area (Å²) in [5, 5.41) is 2.92. The number of hydrogen-bond donors (Lipinski definition) is 1. The van der Waals surface area contributed by atoms with E-state index in [4.69, 9.17) is 0 Å². The molecule has 24 heavy (non-hydrogen) atoms. The second-order valence-corrected chi connectivity index (χ2v) is 8.10. The molecule has 0 bridgehead atoms. The molecule has 5 heteroatoms. The number of benzene rings is 1. The van der Waals surface area contributed by atoms with Gasteiger partial charge in [0.2, 0.25) is 11.8 Å². The van der Waals surface area contributed by atoms with Crippen molar-refractivity contribution in [3.63, 3.8) is 0 Å². The molecule has 2 amide bonds. The van der Waals surface area contributed by atoms with Gasteiger partial charge < -0.3 is 10.2 Å². The first-order chi connectivity index (χ1) is 11.6. The van der Waals surface area contributed by atoms with E-state index in [1.165, 1.54) is 11.1 Å². The van der Waals surface area contributed by atoms with Crippen LogP contribution >= 0.6 is 11.8 Å². The predicted octanol–water partition coefficient (Wildman–Crippen LogP) is 2.77. The molecule has 3 atom stereocenters. The lowest BCUT2D eigenvalue weighted by molar-refractivity contribution is -0.133. The number of carbonyl (C=O) groups excluding carboxylic acids is 2. The van der Waals surface area contributed by atoms with E-state index in [-0.39, 0.29) is 23.8 Å². The summed E-state index contributed by atoms with van der Waals surface area (Å²) < 4.78 is 0. The molecule has 2 aliphatic rings. The first-order valence-corrected chi connectivity index (χ1v) is 9.93. The zero-order chi connectivity index (χ0) is 17.1. The van der Waals surface area contributed by atoms with Gasteiger partial charge in [-0.3, -0.25) is 9.59 Å². The fraction of sp³-hybridized carbons (Fsp3) is 0.579. The van der Waals surface area contributed by atoms with E-state index in [1.54, 1.807) is 0 Å². The zero-order valence-corrected chi connectivity index (χ0v) is 15.3. The summed E-state index contributed by atoms with van der Waals surface area (Å²) in [5.41, 5.74) is 2.44. The number of aryl methyl sites for hydroxylation is 1. The molecular formula is C19H26N2O2S. The van der Waals surface area contributed by atoms with Crippen molar-refractivity contribution in [1.82, 2.24) is 10.2 Å². The van der Waals surface area contributed by atoms with Crippen LogP contribution in [0.1, 0.15) is 36.9 Å². The van der Waals surface area contributed by atoms with Crippen molar-refractivity contribution in [2.24, 2.45) is 11.8 Å². The van der Waals surface area contributed by atoms with Gasteiger partial charge in [0.25, 0.3) is 0 Å². The fourth-order valence-electron chi connectivity index (χ4n) is 3.22. The van der Waals surface area contributed by atoms with Crippen LogP contribution in [0.2, 0.25) is 0 Å². The van der Waals surface area contributed by atoms with Crippen LogP contribution in [-0.4, -0.2) is 41.3 Å². The topological polar surface area (TPSA) is 49.4 Å². The van der Waals surface area contributed by atoms with Crippen LogP contribution in [-0.2, 0) is 9.59 Å². The van der Waals surface area contributed by atoms with Gasteiger partial charge in [-0.05, 0) is 24.8 Å². The number of carbonyl (C=O) groups is 2. The fourth-order valence-corrected chi connectivity index (χ4v) is 4.31. The third-order valence-electron chi connectivity index (χ3n) is 5.00. The average molecular weight is 346 g/mol. The molecule has 1 aliphatic heterocycles. The largest absolute Gasteiger partial charge is 0.355 e. The molecular weight excluding hydrogens is 320 g/mol. The van der Waals surface area contributed by atoms with Gasteiger partial charge in [-0.2, -0.15) is 11.8 Å². The molecule has 1 saturated heterocycles. The predicted molar refractivity (Wildman–Crippen MR) is 97.9 cm³/mol. The quantitative estimate of drug-likeness (QED) is 0.892. The highest BCUT2D eigenvalue weighted by molar-refractivity contribution is 7.99. The summed E-state index contributed by atoms with van der Waals surface area (Å²) in [4.78, 5) is 26.5. The Morgan fingerprint density at radius 1 is 1.29 bits per heavy atom. The summed E-state index contributed by atoms with van der Waals surface area (Å²) in [6.07, 6.45) is 1.37. The van der Waals surface area contributed by atoms with Gasteiger partial charge in [0.1, 0.15) is 0 Å². The van der Waals surface area contributed by atoms with Gasteiger partial charge >= 0.3 is 0 Å². The highest BCUT2D eigenvalue weighted by Gasteiger charge is 2.38. The Kier molecular flexibility index (Phi) is 5.49. The monoisotopic (exact) mass is 346 g/mol. The van der Waals surface area contributed by atoms with Crippen molar-refractivity contribution in [3.05, 3.63) is 35.4 Å². The van der Waals surface area contributed by atoms with E-state index >= 15 is 0 Å². The van der Waals surface area contributed by atoms with Crippen molar-refractivity contribution in [3.8, 4) is 0 Å². The SMILES string of the molecule is Cc1ccc([C@@H]2CSCCN2C(=O)CCNC(=O)[C@@H]2C[C@@H]2C)cc1. The van der Waals surface area contributed by atoms with Gasteiger partial charge in [-0.1, -0.05) is 36.8 Å². The molecule has 1 aromatic carbocycles. The summed E-state index contributed by atoms with van der Waals surface area (Å²) in [6, 6.07) is 8.61. The maximum Gasteiger partial charge on any atom is 0.224 e. The number of thioether (sulfide) groups is 1. The molecule has 4 nitrogen and oxygen atoms in total. The molecule has 3 rings (SSSR count). The maximum absolute atomic E-state index is 12.6. The first-order valence-electron chi connectivity index (χ1n) is 8.77. The Bertz CT molecular complexity index is 602. The average Bonchev–Trinajstić information content (AvgIpc) is 3.32. The van der Waals surface area contributed by atoms with Crippen LogP contribution in [0.15, 0.2) is 24.3 Å². The van der Waals surface area contributed by atoms with E-state index in [1.807, 2.05) is 16.7 Å². The molecule has 1 aliphatic carbocycles. The number of amides is 2. The van der Waals surface area contributed by atoms with Gasteiger partial charge in [-0.15, -0.1) is 0 Å². The number of nitrogens with one attached hydrogen (secondary N) is 1. The molecule has 1 aromatic rings. The second-order valence-electron chi connectivity index (χ2n) is 6.95. The molecule has 0 radical (unpaired) electrons. The van der Waals surface area contributed by atoms with E-state index in [0.717, 1.165) is 24.5 Å². The number of hydrogen-bond acceptors (Lipinski definition) is 3. The van der Waals surface area contributed by atoms with Crippen LogP contribution in [0, 0.1) is 18.8 Å². The van der Waals surface area contributed by atoms with Crippen molar-refractivity contribution in [2.45, 2.75) is 32.7 Å². The van der Waals surface area contributed by atoms with E-state index in [9.17, 15) is 9.59 Å². The van der Waals surface area contributed by atoms with Crippen molar-refractivity contribution < 1.29 is 9.59 Å². The Morgan fingerprint density at radius 3 is 2.67 bits per heavy atom. The molecule has 1 saturated carbocycles. The molecule has 0 aromatic heterocycles. The van der Waals surface area contributed by atoms with E-state index in [2.05, 4.69) is 43.4 Å². The van der Waals surface area contributed by atoms with Gasteiger partial charge in [0, 0.05) is 36.9 Å². The normalized spacial score (nSPS) is 26.1. The molecule has 0 spiro atoms. The third kappa shape index (κ3) is 4.12. The Morgan fingerprint density at radius 2 is 2.00 bits per heavy atom. The third-order valence-corrected chi connectivity index (χ3v) is 6.02. The van der Waals surface area contributed by atoms with Crippen LogP contribution in [0.4, 0.5) is 0 Å². The van der Waals surface area contributed by atoms with Gasteiger partial charge in [-0.25, -0.2) is 0 Å². The highest BCUT2D eigenvalue weighted by atomic mass is 32.2. The van der Waals surface area contributed by atoms with Gasteiger partial charge in [0.05, 0.1) is 6.04 Å². The van der Waals surface area contributed by atoms with Crippen LogP contribution in [0.3, 0.4) is 0 Å². The van der Waals surface area contributed by atoms with Crippen molar-refractivity contribution >= 4 is 23.6 Å². The Labute approximate surface area is 148 Å². The molecule has 130 valence electrons.